The van der Waals surface area contributed by atoms with E-state index in [1.807, 2.05) is 0 Å². The van der Waals surface area contributed by atoms with Crippen LogP contribution in [0.3, 0.4) is 0 Å². The van der Waals surface area contributed by atoms with Crippen molar-refractivity contribution in [1.29, 1.82) is 0 Å². The Bertz CT molecular complexity index is 366. The average Bonchev–Trinajstić information content (AvgIpc) is 2.78. The van der Waals surface area contributed by atoms with E-state index in [0.29, 0.717) is 6.10 Å². The Labute approximate surface area is 107 Å². The summed E-state index contributed by atoms with van der Waals surface area (Å²) in [6.45, 7) is 4.32. The molecule has 0 N–H and O–H groups in total. The van der Waals surface area contributed by atoms with E-state index >= 15 is 0 Å². The van der Waals surface area contributed by atoms with Gasteiger partial charge in [0.05, 0.1) is 0 Å². The Morgan fingerprint density at radius 3 is 2.65 bits per heavy atom. The summed E-state index contributed by atoms with van der Waals surface area (Å²) in [4.78, 5) is 2.57. The molecule has 2 aliphatic rings. The van der Waals surface area contributed by atoms with Crippen LogP contribution in [0, 0.1) is 6.92 Å². The van der Waals surface area contributed by atoms with Gasteiger partial charge in [-0.25, -0.2) is 0 Å². The van der Waals surface area contributed by atoms with Gasteiger partial charge in [-0.05, 0) is 31.2 Å². The average molecular weight is 249 g/mol. The number of benzene rings is 1. The van der Waals surface area contributed by atoms with Crippen LogP contribution < -0.4 is 4.74 Å². The molecule has 0 spiro atoms. The van der Waals surface area contributed by atoms with E-state index in [9.17, 15) is 0 Å². The van der Waals surface area contributed by atoms with Gasteiger partial charge < -0.3 is 4.74 Å². The van der Waals surface area contributed by atoms with E-state index in [0.717, 1.165) is 24.9 Å². The minimum atomic E-state index is 0.406. The van der Waals surface area contributed by atoms with Gasteiger partial charge in [0.2, 0.25) is 0 Å². The number of rotatable bonds is 3. The van der Waals surface area contributed by atoms with Gasteiger partial charge >= 0.3 is 0 Å². The highest BCUT2D eigenvalue weighted by molar-refractivity contribution is 7.99. The maximum absolute atomic E-state index is 5.95. The molecule has 2 saturated heterocycles. The number of aryl methyl sites for hydroxylation is 1. The van der Waals surface area contributed by atoms with E-state index in [1.165, 1.54) is 23.5 Å². The number of hydrogen-bond donors (Lipinski definition) is 0. The lowest BCUT2D eigenvalue weighted by Crippen LogP contribution is -2.57. The van der Waals surface area contributed by atoms with Crippen molar-refractivity contribution >= 4 is 11.8 Å². The SMILES string of the molecule is Cc1ccc(OC2CN([C@@H]3CCSC3)C2)cc1. The largest absolute Gasteiger partial charge is 0.488 e. The normalized spacial score (nSPS) is 25.8. The number of ether oxygens (including phenoxy) is 1. The Morgan fingerprint density at radius 2 is 2.00 bits per heavy atom. The molecule has 92 valence electrons. The lowest BCUT2D eigenvalue weighted by Gasteiger charge is -2.42. The summed E-state index contributed by atoms with van der Waals surface area (Å²) in [7, 11) is 0. The lowest BCUT2D eigenvalue weighted by atomic mass is 10.1. The van der Waals surface area contributed by atoms with Crippen molar-refractivity contribution in [2.45, 2.75) is 25.5 Å². The molecule has 2 heterocycles. The van der Waals surface area contributed by atoms with Gasteiger partial charge in [0.25, 0.3) is 0 Å². The maximum atomic E-state index is 5.95. The van der Waals surface area contributed by atoms with Crippen LogP contribution in [0.5, 0.6) is 5.75 Å². The standard InChI is InChI=1S/C14H19NOS/c1-11-2-4-13(5-3-11)16-14-8-15(9-14)12-6-7-17-10-12/h2-5,12,14H,6-10H2,1H3/t12-/m1/s1. The third kappa shape index (κ3) is 2.61. The van der Waals surface area contributed by atoms with Gasteiger partial charge in [0.1, 0.15) is 11.9 Å². The topological polar surface area (TPSA) is 12.5 Å². The summed E-state index contributed by atoms with van der Waals surface area (Å²) in [5.41, 5.74) is 1.29. The summed E-state index contributed by atoms with van der Waals surface area (Å²) in [6, 6.07) is 9.18. The minimum absolute atomic E-state index is 0.406. The molecule has 3 rings (SSSR count). The second-order valence-electron chi connectivity index (χ2n) is 5.02. The van der Waals surface area contributed by atoms with Gasteiger partial charge in [-0.3, -0.25) is 4.90 Å². The van der Waals surface area contributed by atoms with Crippen molar-refractivity contribution in [3.63, 3.8) is 0 Å². The maximum Gasteiger partial charge on any atom is 0.124 e. The van der Waals surface area contributed by atoms with Crippen LogP contribution in [0.4, 0.5) is 0 Å². The summed E-state index contributed by atoms with van der Waals surface area (Å²) in [5, 5.41) is 0. The fourth-order valence-corrected chi connectivity index (χ4v) is 3.72. The summed E-state index contributed by atoms with van der Waals surface area (Å²) < 4.78 is 5.95. The van der Waals surface area contributed by atoms with E-state index in [4.69, 9.17) is 4.74 Å². The van der Waals surface area contributed by atoms with Gasteiger partial charge in [-0.1, -0.05) is 17.7 Å². The molecule has 2 fully saturated rings. The molecule has 3 heteroatoms. The van der Waals surface area contributed by atoms with Crippen molar-refractivity contribution in [2.75, 3.05) is 24.6 Å². The van der Waals surface area contributed by atoms with Crippen molar-refractivity contribution in [3.8, 4) is 5.75 Å². The first-order chi connectivity index (χ1) is 8.31. The van der Waals surface area contributed by atoms with Crippen LogP contribution in [0.1, 0.15) is 12.0 Å². The molecule has 0 amide bonds. The zero-order chi connectivity index (χ0) is 11.7. The van der Waals surface area contributed by atoms with E-state index in [1.54, 1.807) is 0 Å². The number of hydrogen-bond acceptors (Lipinski definition) is 3. The number of nitrogens with zero attached hydrogens (tertiary/aromatic N) is 1. The highest BCUT2D eigenvalue weighted by Crippen LogP contribution is 2.27. The predicted molar refractivity (Wildman–Crippen MR) is 72.9 cm³/mol. The molecular formula is C14H19NOS. The zero-order valence-electron chi connectivity index (χ0n) is 10.3. The van der Waals surface area contributed by atoms with Crippen LogP contribution >= 0.6 is 11.8 Å². The van der Waals surface area contributed by atoms with E-state index < -0.39 is 0 Å². The fourth-order valence-electron chi connectivity index (χ4n) is 2.46. The second kappa shape index (κ2) is 4.91. The number of thioether (sulfide) groups is 1. The van der Waals surface area contributed by atoms with Crippen LogP contribution in [-0.4, -0.2) is 41.6 Å². The zero-order valence-corrected chi connectivity index (χ0v) is 11.1. The summed E-state index contributed by atoms with van der Waals surface area (Å²) >= 11 is 2.08. The molecule has 1 aromatic carbocycles. The van der Waals surface area contributed by atoms with Crippen LogP contribution in [0.25, 0.3) is 0 Å². The first-order valence-electron chi connectivity index (χ1n) is 6.36. The Morgan fingerprint density at radius 1 is 1.24 bits per heavy atom. The molecule has 0 saturated carbocycles. The minimum Gasteiger partial charge on any atom is -0.488 e. The lowest BCUT2D eigenvalue weighted by molar-refractivity contribution is -0.00245. The third-order valence-electron chi connectivity index (χ3n) is 3.62. The third-order valence-corrected chi connectivity index (χ3v) is 4.77. The van der Waals surface area contributed by atoms with Crippen LogP contribution in [-0.2, 0) is 0 Å². The van der Waals surface area contributed by atoms with Crippen molar-refractivity contribution < 1.29 is 4.74 Å². The molecular weight excluding hydrogens is 230 g/mol. The summed E-state index contributed by atoms with van der Waals surface area (Å²) in [6.07, 6.45) is 1.77. The highest BCUT2D eigenvalue weighted by Gasteiger charge is 2.35. The van der Waals surface area contributed by atoms with E-state index in [-0.39, 0.29) is 0 Å². The molecule has 0 aromatic heterocycles. The molecule has 1 atom stereocenters. The van der Waals surface area contributed by atoms with Crippen molar-refractivity contribution in [1.82, 2.24) is 4.90 Å². The quantitative estimate of drug-likeness (QED) is 0.817. The van der Waals surface area contributed by atoms with Gasteiger partial charge in [-0.15, -0.1) is 0 Å². The molecule has 0 aliphatic carbocycles. The van der Waals surface area contributed by atoms with Crippen LogP contribution in [0.2, 0.25) is 0 Å². The predicted octanol–water partition coefficient (Wildman–Crippen LogP) is 2.56. The smallest absolute Gasteiger partial charge is 0.124 e. The van der Waals surface area contributed by atoms with Gasteiger partial charge in [0, 0.05) is 24.9 Å². The van der Waals surface area contributed by atoms with Crippen LogP contribution in [0.15, 0.2) is 24.3 Å². The second-order valence-corrected chi connectivity index (χ2v) is 6.17. The molecule has 0 unspecified atom stereocenters. The van der Waals surface area contributed by atoms with Gasteiger partial charge in [0.15, 0.2) is 0 Å². The Hall–Kier alpha value is -0.670. The molecule has 2 aliphatic heterocycles. The highest BCUT2D eigenvalue weighted by atomic mass is 32.2. The fraction of sp³-hybridized carbons (Fsp3) is 0.571. The molecule has 1 aromatic rings. The molecule has 17 heavy (non-hydrogen) atoms. The van der Waals surface area contributed by atoms with Gasteiger partial charge in [-0.2, -0.15) is 11.8 Å². The first-order valence-corrected chi connectivity index (χ1v) is 7.52. The molecule has 0 radical (unpaired) electrons. The first kappa shape index (κ1) is 11.4. The van der Waals surface area contributed by atoms with Crippen molar-refractivity contribution in [2.24, 2.45) is 0 Å². The summed E-state index contributed by atoms with van der Waals surface area (Å²) in [5.74, 6) is 3.67. The molecule has 0 bridgehead atoms. The number of likely N-dealkylation sites (tertiary alicyclic amines) is 1. The monoisotopic (exact) mass is 249 g/mol. The Kier molecular flexibility index (Phi) is 3.30. The molecule has 2 nitrogen and oxygen atoms in total. The Balaban J connectivity index is 1.47. The van der Waals surface area contributed by atoms with E-state index in [2.05, 4.69) is 47.9 Å². The van der Waals surface area contributed by atoms with Crippen molar-refractivity contribution in [3.05, 3.63) is 29.8 Å².